The van der Waals surface area contributed by atoms with Gasteiger partial charge in [-0.1, -0.05) is 0 Å². The maximum atomic E-state index is 12.5. The van der Waals surface area contributed by atoms with E-state index in [1.165, 1.54) is 6.07 Å². The highest BCUT2D eigenvalue weighted by Crippen LogP contribution is 2.37. The zero-order valence-corrected chi connectivity index (χ0v) is 13.8. The molecule has 1 unspecified atom stereocenters. The second-order valence-corrected chi connectivity index (χ2v) is 9.11. The summed E-state index contributed by atoms with van der Waals surface area (Å²) in [5.41, 5.74) is 7.91. The summed E-state index contributed by atoms with van der Waals surface area (Å²) in [6, 6.07) is 3.33. The molecule has 6 heteroatoms. The molecular weight excluding hydrogens is 292 g/mol. The zero-order chi connectivity index (χ0) is 15.0. The van der Waals surface area contributed by atoms with Gasteiger partial charge in [-0.3, -0.25) is 0 Å². The number of nitrogens with two attached hydrogens (primary N) is 1. The smallest absolute Gasteiger partial charge is 0.240 e. The summed E-state index contributed by atoms with van der Waals surface area (Å²) >= 11 is 1.84. The summed E-state index contributed by atoms with van der Waals surface area (Å²) in [5.74, 6) is 1.11. The van der Waals surface area contributed by atoms with Crippen molar-refractivity contribution in [1.29, 1.82) is 0 Å². The van der Waals surface area contributed by atoms with Crippen molar-refractivity contribution in [2.24, 2.45) is 0 Å². The van der Waals surface area contributed by atoms with Crippen molar-refractivity contribution in [3.8, 4) is 0 Å². The molecular formula is C14H22N2O2S2. The average Bonchev–Trinajstić information content (AvgIpc) is 2.79. The van der Waals surface area contributed by atoms with E-state index >= 15 is 0 Å². The van der Waals surface area contributed by atoms with Crippen molar-refractivity contribution in [2.45, 2.75) is 43.3 Å². The number of anilines is 1. The van der Waals surface area contributed by atoms with E-state index in [1.807, 2.05) is 25.6 Å². The number of aryl methyl sites for hydroxylation is 1. The minimum atomic E-state index is -3.50. The van der Waals surface area contributed by atoms with Crippen molar-refractivity contribution in [1.82, 2.24) is 4.72 Å². The fourth-order valence-electron chi connectivity index (χ4n) is 2.43. The molecule has 0 amide bonds. The molecule has 3 N–H and O–H groups in total. The summed E-state index contributed by atoms with van der Waals surface area (Å²) in [6.45, 7) is 6.27. The Morgan fingerprint density at radius 1 is 1.40 bits per heavy atom. The Labute approximate surface area is 125 Å². The molecule has 1 heterocycles. The minimum Gasteiger partial charge on any atom is -0.399 e. The molecule has 4 nitrogen and oxygen atoms in total. The molecule has 1 saturated heterocycles. The average molecular weight is 314 g/mol. The lowest BCUT2D eigenvalue weighted by Crippen LogP contribution is -2.37. The molecule has 1 fully saturated rings. The molecule has 0 radical (unpaired) electrons. The first-order chi connectivity index (χ1) is 9.23. The zero-order valence-electron chi connectivity index (χ0n) is 12.2. The number of benzene rings is 1. The molecule has 0 aliphatic carbocycles. The molecule has 1 atom stereocenters. The van der Waals surface area contributed by atoms with Crippen molar-refractivity contribution in [2.75, 3.05) is 18.0 Å². The van der Waals surface area contributed by atoms with Crippen LogP contribution in [0.1, 0.15) is 30.9 Å². The fourth-order valence-corrected chi connectivity index (χ4v) is 5.29. The van der Waals surface area contributed by atoms with Crippen molar-refractivity contribution in [3.05, 3.63) is 23.3 Å². The van der Waals surface area contributed by atoms with Crippen molar-refractivity contribution in [3.63, 3.8) is 0 Å². The molecule has 0 spiro atoms. The Morgan fingerprint density at radius 2 is 2.10 bits per heavy atom. The van der Waals surface area contributed by atoms with Gasteiger partial charge in [-0.2, -0.15) is 11.8 Å². The predicted molar refractivity (Wildman–Crippen MR) is 85.6 cm³/mol. The Morgan fingerprint density at radius 3 is 2.70 bits per heavy atom. The maximum absolute atomic E-state index is 12.5. The van der Waals surface area contributed by atoms with E-state index in [-0.39, 0.29) is 4.75 Å². The van der Waals surface area contributed by atoms with Crippen LogP contribution in [-0.4, -0.2) is 25.5 Å². The van der Waals surface area contributed by atoms with Gasteiger partial charge in [0.2, 0.25) is 10.0 Å². The number of nitrogen functional groups attached to an aromatic ring is 1. The van der Waals surface area contributed by atoms with Crippen LogP contribution in [0.4, 0.5) is 5.69 Å². The number of rotatable bonds is 4. The van der Waals surface area contributed by atoms with Crippen molar-refractivity contribution >= 4 is 27.5 Å². The monoisotopic (exact) mass is 314 g/mol. The molecule has 1 aliphatic rings. The Kier molecular flexibility index (Phi) is 4.37. The standard InChI is InChI=1S/C14H22N2O2S2/c1-10-7-12(15)8-13(11(10)2)20(17,18)16-9-14(3)5-4-6-19-14/h7-8,16H,4-6,9,15H2,1-3H3. The van der Waals surface area contributed by atoms with Gasteiger partial charge in [0, 0.05) is 17.0 Å². The maximum Gasteiger partial charge on any atom is 0.240 e. The molecule has 0 saturated carbocycles. The van der Waals surface area contributed by atoms with E-state index < -0.39 is 10.0 Å². The van der Waals surface area contributed by atoms with Crippen LogP contribution in [0.25, 0.3) is 0 Å². The number of sulfonamides is 1. The second-order valence-electron chi connectivity index (χ2n) is 5.69. The van der Waals surface area contributed by atoms with Crippen LogP contribution in [0.3, 0.4) is 0 Å². The van der Waals surface area contributed by atoms with Crippen LogP contribution in [0, 0.1) is 13.8 Å². The number of thioether (sulfide) groups is 1. The van der Waals surface area contributed by atoms with Gasteiger partial charge in [-0.05, 0) is 62.6 Å². The molecule has 20 heavy (non-hydrogen) atoms. The molecule has 112 valence electrons. The highest BCUT2D eigenvalue weighted by atomic mass is 32.2. The predicted octanol–water partition coefficient (Wildman–Crippen LogP) is 2.45. The topological polar surface area (TPSA) is 72.2 Å². The van der Waals surface area contributed by atoms with Crippen LogP contribution >= 0.6 is 11.8 Å². The first kappa shape index (κ1) is 15.7. The number of nitrogens with one attached hydrogen (secondary N) is 1. The van der Waals surface area contributed by atoms with Gasteiger partial charge in [0.05, 0.1) is 4.90 Å². The quantitative estimate of drug-likeness (QED) is 0.837. The van der Waals surface area contributed by atoms with Crippen LogP contribution in [0.5, 0.6) is 0 Å². The Hall–Kier alpha value is -0.720. The number of hydrogen-bond donors (Lipinski definition) is 2. The van der Waals surface area contributed by atoms with E-state index in [9.17, 15) is 8.42 Å². The third kappa shape index (κ3) is 3.30. The summed E-state index contributed by atoms with van der Waals surface area (Å²) in [7, 11) is -3.50. The summed E-state index contributed by atoms with van der Waals surface area (Å²) in [6.07, 6.45) is 2.20. The van der Waals surface area contributed by atoms with E-state index in [0.717, 1.165) is 29.7 Å². The molecule has 2 rings (SSSR count). The highest BCUT2D eigenvalue weighted by molar-refractivity contribution is 8.01. The lowest BCUT2D eigenvalue weighted by atomic mass is 10.1. The van der Waals surface area contributed by atoms with Crippen LogP contribution < -0.4 is 10.5 Å². The van der Waals surface area contributed by atoms with Gasteiger partial charge in [0.1, 0.15) is 0 Å². The van der Waals surface area contributed by atoms with Gasteiger partial charge in [0.15, 0.2) is 0 Å². The first-order valence-electron chi connectivity index (χ1n) is 6.74. The summed E-state index contributed by atoms with van der Waals surface area (Å²) in [4.78, 5) is 0.293. The SMILES string of the molecule is Cc1cc(N)cc(S(=O)(=O)NCC2(C)CCCS2)c1C. The minimum absolute atomic E-state index is 0.0103. The van der Waals surface area contributed by atoms with Crippen LogP contribution in [0.2, 0.25) is 0 Å². The van der Waals surface area contributed by atoms with Crippen LogP contribution in [-0.2, 0) is 10.0 Å². The molecule has 1 aromatic carbocycles. The molecule has 1 aromatic rings. The Balaban J connectivity index is 2.22. The van der Waals surface area contributed by atoms with E-state index in [2.05, 4.69) is 11.6 Å². The third-order valence-corrected chi connectivity index (χ3v) is 6.93. The van der Waals surface area contributed by atoms with Gasteiger partial charge in [-0.25, -0.2) is 13.1 Å². The van der Waals surface area contributed by atoms with E-state index in [0.29, 0.717) is 17.1 Å². The number of hydrogen-bond acceptors (Lipinski definition) is 4. The Bertz CT molecular complexity index is 606. The van der Waals surface area contributed by atoms with E-state index in [1.54, 1.807) is 6.07 Å². The lowest BCUT2D eigenvalue weighted by Gasteiger charge is -2.23. The summed E-state index contributed by atoms with van der Waals surface area (Å²) in [5, 5.41) is 0. The van der Waals surface area contributed by atoms with Gasteiger partial charge in [0.25, 0.3) is 0 Å². The van der Waals surface area contributed by atoms with Crippen LogP contribution in [0.15, 0.2) is 17.0 Å². The first-order valence-corrected chi connectivity index (χ1v) is 9.21. The molecule has 0 aromatic heterocycles. The third-order valence-electron chi connectivity index (χ3n) is 3.87. The highest BCUT2D eigenvalue weighted by Gasteiger charge is 2.31. The van der Waals surface area contributed by atoms with Gasteiger partial charge >= 0.3 is 0 Å². The lowest BCUT2D eigenvalue weighted by molar-refractivity contribution is 0.552. The fraction of sp³-hybridized carbons (Fsp3) is 0.571. The van der Waals surface area contributed by atoms with Gasteiger partial charge in [-0.15, -0.1) is 0 Å². The normalized spacial score (nSPS) is 23.1. The molecule has 0 bridgehead atoms. The van der Waals surface area contributed by atoms with Gasteiger partial charge < -0.3 is 5.73 Å². The molecule has 1 aliphatic heterocycles. The van der Waals surface area contributed by atoms with E-state index in [4.69, 9.17) is 5.73 Å². The second kappa shape index (κ2) is 5.58. The largest absolute Gasteiger partial charge is 0.399 e. The summed E-state index contributed by atoms with van der Waals surface area (Å²) < 4.78 is 27.7. The van der Waals surface area contributed by atoms with Crippen molar-refractivity contribution < 1.29 is 8.42 Å².